The van der Waals surface area contributed by atoms with Gasteiger partial charge in [0.25, 0.3) is 0 Å². The third-order valence-electron chi connectivity index (χ3n) is 3.84. The van der Waals surface area contributed by atoms with Crippen LogP contribution in [-0.4, -0.2) is 18.4 Å². The number of rotatable bonds is 6. The maximum absolute atomic E-state index is 12.4. The third kappa shape index (κ3) is 4.32. The van der Waals surface area contributed by atoms with Crippen molar-refractivity contribution >= 4 is 11.8 Å². The standard InChI is InChI=1S/C18H22N2O2/c1-2-12-19-17(21)15-10-6-7-11-16(15)18(22)20-13-14-8-4-3-5-9-14/h2-9,15-16H,1,10-13H2,(H,19,21)(H,20,22). The molecule has 0 bridgehead atoms. The highest BCUT2D eigenvalue weighted by molar-refractivity contribution is 5.88. The van der Waals surface area contributed by atoms with E-state index in [4.69, 9.17) is 0 Å². The van der Waals surface area contributed by atoms with Gasteiger partial charge in [-0.15, -0.1) is 6.58 Å². The molecule has 0 fully saturated rings. The minimum absolute atomic E-state index is 0.0630. The summed E-state index contributed by atoms with van der Waals surface area (Å²) < 4.78 is 0. The second-order valence-electron chi connectivity index (χ2n) is 5.39. The third-order valence-corrected chi connectivity index (χ3v) is 3.84. The second-order valence-corrected chi connectivity index (χ2v) is 5.39. The fourth-order valence-corrected chi connectivity index (χ4v) is 2.61. The van der Waals surface area contributed by atoms with E-state index in [9.17, 15) is 9.59 Å². The van der Waals surface area contributed by atoms with Crippen molar-refractivity contribution in [2.75, 3.05) is 6.54 Å². The molecule has 0 spiro atoms. The molecule has 0 saturated heterocycles. The van der Waals surface area contributed by atoms with Crippen LogP contribution in [0.1, 0.15) is 18.4 Å². The van der Waals surface area contributed by atoms with Crippen LogP contribution in [0.15, 0.2) is 55.1 Å². The fraction of sp³-hybridized carbons (Fsp3) is 0.333. The summed E-state index contributed by atoms with van der Waals surface area (Å²) in [5, 5.41) is 5.73. The molecule has 0 aromatic heterocycles. The van der Waals surface area contributed by atoms with E-state index in [0.717, 1.165) is 5.56 Å². The molecule has 22 heavy (non-hydrogen) atoms. The molecule has 1 aromatic carbocycles. The first kappa shape index (κ1) is 16.0. The summed E-state index contributed by atoms with van der Waals surface area (Å²) in [6.45, 7) is 4.50. The molecular formula is C18H22N2O2. The van der Waals surface area contributed by atoms with Gasteiger partial charge in [-0.3, -0.25) is 9.59 Å². The van der Waals surface area contributed by atoms with E-state index < -0.39 is 0 Å². The predicted molar refractivity (Wildman–Crippen MR) is 86.8 cm³/mol. The fourth-order valence-electron chi connectivity index (χ4n) is 2.61. The Labute approximate surface area is 131 Å². The van der Waals surface area contributed by atoms with Crippen LogP contribution in [0.2, 0.25) is 0 Å². The van der Waals surface area contributed by atoms with Gasteiger partial charge in [-0.2, -0.15) is 0 Å². The Morgan fingerprint density at radius 3 is 2.23 bits per heavy atom. The van der Waals surface area contributed by atoms with Crippen LogP contribution in [0.4, 0.5) is 0 Å². The lowest BCUT2D eigenvalue weighted by atomic mass is 9.81. The van der Waals surface area contributed by atoms with Crippen molar-refractivity contribution in [1.29, 1.82) is 0 Å². The molecule has 1 aromatic rings. The van der Waals surface area contributed by atoms with E-state index >= 15 is 0 Å². The van der Waals surface area contributed by atoms with Gasteiger partial charge in [0.2, 0.25) is 11.8 Å². The van der Waals surface area contributed by atoms with Gasteiger partial charge in [0.1, 0.15) is 0 Å². The van der Waals surface area contributed by atoms with Gasteiger partial charge in [-0.1, -0.05) is 48.6 Å². The maximum atomic E-state index is 12.4. The number of allylic oxidation sites excluding steroid dienone is 2. The van der Waals surface area contributed by atoms with Crippen molar-refractivity contribution < 1.29 is 9.59 Å². The van der Waals surface area contributed by atoms with Crippen LogP contribution in [0.25, 0.3) is 0 Å². The van der Waals surface area contributed by atoms with Crippen molar-refractivity contribution in [2.45, 2.75) is 19.4 Å². The highest BCUT2D eigenvalue weighted by Crippen LogP contribution is 2.26. The highest BCUT2D eigenvalue weighted by atomic mass is 16.2. The maximum Gasteiger partial charge on any atom is 0.224 e. The van der Waals surface area contributed by atoms with E-state index in [1.807, 2.05) is 42.5 Å². The number of carbonyl (C=O) groups is 2. The summed E-state index contributed by atoms with van der Waals surface area (Å²) in [6.07, 6.45) is 6.80. The lowest BCUT2D eigenvalue weighted by Crippen LogP contribution is -2.42. The van der Waals surface area contributed by atoms with Crippen molar-refractivity contribution in [3.8, 4) is 0 Å². The number of nitrogens with one attached hydrogen (secondary N) is 2. The zero-order valence-electron chi connectivity index (χ0n) is 12.6. The first-order chi connectivity index (χ1) is 10.7. The zero-order chi connectivity index (χ0) is 15.8. The largest absolute Gasteiger partial charge is 0.352 e. The van der Waals surface area contributed by atoms with Gasteiger partial charge in [0, 0.05) is 13.1 Å². The summed E-state index contributed by atoms with van der Waals surface area (Å²) >= 11 is 0. The molecule has 2 unspecified atom stereocenters. The Kier molecular flexibility index (Phi) is 5.95. The van der Waals surface area contributed by atoms with Gasteiger partial charge in [-0.05, 0) is 18.4 Å². The molecule has 2 atom stereocenters. The number of hydrogen-bond acceptors (Lipinski definition) is 2. The molecule has 2 rings (SSSR count). The van der Waals surface area contributed by atoms with Crippen LogP contribution >= 0.6 is 0 Å². The average molecular weight is 298 g/mol. The van der Waals surface area contributed by atoms with Gasteiger partial charge in [0.15, 0.2) is 0 Å². The lowest BCUT2D eigenvalue weighted by Gasteiger charge is -2.26. The van der Waals surface area contributed by atoms with Gasteiger partial charge in [0.05, 0.1) is 11.8 Å². The number of amides is 2. The SMILES string of the molecule is C=CCNC(=O)C1CC=CCC1C(=O)NCc1ccccc1. The first-order valence-corrected chi connectivity index (χ1v) is 7.57. The molecule has 0 aliphatic heterocycles. The first-order valence-electron chi connectivity index (χ1n) is 7.57. The summed E-state index contributed by atoms with van der Waals surface area (Å²) in [5.41, 5.74) is 1.05. The van der Waals surface area contributed by atoms with Crippen LogP contribution in [-0.2, 0) is 16.1 Å². The van der Waals surface area contributed by atoms with Crippen LogP contribution < -0.4 is 10.6 Å². The molecule has 116 valence electrons. The smallest absolute Gasteiger partial charge is 0.224 e. The quantitative estimate of drug-likeness (QED) is 0.791. The Bertz CT molecular complexity index is 551. The summed E-state index contributed by atoms with van der Waals surface area (Å²) in [5.74, 6) is -0.754. The normalized spacial score (nSPS) is 20.2. The van der Waals surface area contributed by atoms with E-state index in [1.165, 1.54) is 0 Å². The summed E-state index contributed by atoms with van der Waals surface area (Å²) in [6, 6.07) is 9.76. The Morgan fingerprint density at radius 1 is 1.05 bits per heavy atom. The van der Waals surface area contributed by atoms with Crippen molar-refractivity contribution in [1.82, 2.24) is 10.6 Å². The monoisotopic (exact) mass is 298 g/mol. The number of carbonyl (C=O) groups excluding carboxylic acids is 2. The molecule has 1 aliphatic rings. The van der Waals surface area contributed by atoms with E-state index in [1.54, 1.807) is 6.08 Å². The summed E-state index contributed by atoms with van der Waals surface area (Å²) in [4.78, 5) is 24.6. The average Bonchev–Trinajstić information content (AvgIpc) is 2.58. The molecule has 4 nitrogen and oxygen atoms in total. The van der Waals surface area contributed by atoms with E-state index in [2.05, 4.69) is 17.2 Å². The van der Waals surface area contributed by atoms with E-state index in [-0.39, 0.29) is 23.7 Å². The second kappa shape index (κ2) is 8.17. The van der Waals surface area contributed by atoms with Crippen molar-refractivity contribution in [3.63, 3.8) is 0 Å². The van der Waals surface area contributed by atoms with Crippen LogP contribution in [0.3, 0.4) is 0 Å². The van der Waals surface area contributed by atoms with Gasteiger partial charge < -0.3 is 10.6 Å². The van der Waals surface area contributed by atoms with Gasteiger partial charge in [-0.25, -0.2) is 0 Å². The molecule has 0 heterocycles. The van der Waals surface area contributed by atoms with Crippen molar-refractivity contribution in [2.24, 2.45) is 11.8 Å². The molecule has 0 saturated carbocycles. The van der Waals surface area contributed by atoms with Crippen LogP contribution in [0.5, 0.6) is 0 Å². The van der Waals surface area contributed by atoms with Crippen molar-refractivity contribution in [3.05, 3.63) is 60.7 Å². The topological polar surface area (TPSA) is 58.2 Å². The number of hydrogen-bond donors (Lipinski definition) is 2. The van der Waals surface area contributed by atoms with E-state index in [0.29, 0.717) is 25.9 Å². The molecule has 4 heteroatoms. The number of benzene rings is 1. The Balaban J connectivity index is 1.95. The molecule has 2 N–H and O–H groups in total. The van der Waals surface area contributed by atoms with Crippen LogP contribution in [0, 0.1) is 11.8 Å². The Morgan fingerprint density at radius 2 is 1.64 bits per heavy atom. The Hall–Kier alpha value is -2.36. The minimum atomic E-state index is -0.307. The highest BCUT2D eigenvalue weighted by Gasteiger charge is 2.33. The lowest BCUT2D eigenvalue weighted by molar-refractivity contribution is -0.135. The molecular weight excluding hydrogens is 276 g/mol. The predicted octanol–water partition coefficient (Wildman–Crippen LogP) is 2.19. The molecule has 0 radical (unpaired) electrons. The molecule has 2 amide bonds. The zero-order valence-corrected chi connectivity index (χ0v) is 12.6. The summed E-state index contributed by atoms with van der Waals surface area (Å²) in [7, 11) is 0. The van der Waals surface area contributed by atoms with Gasteiger partial charge >= 0.3 is 0 Å². The molecule has 1 aliphatic carbocycles. The minimum Gasteiger partial charge on any atom is -0.352 e.